The molecule has 1 N–H and O–H groups in total. The Balaban J connectivity index is 1.77. The molecule has 1 aliphatic heterocycles. The van der Waals surface area contributed by atoms with Crippen molar-refractivity contribution in [3.63, 3.8) is 0 Å². The fraction of sp³-hybridized carbons (Fsp3) is 0.211. The molecule has 0 unspecified atom stereocenters. The molecular weight excluding hydrogens is 320 g/mol. The summed E-state index contributed by atoms with van der Waals surface area (Å²) in [5.41, 5.74) is 2.15. The van der Waals surface area contributed by atoms with Gasteiger partial charge < -0.3 is 15.0 Å². The van der Waals surface area contributed by atoms with Crippen molar-refractivity contribution in [3.8, 4) is 0 Å². The van der Waals surface area contributed by atoms with Gasteiger partial charge in [0.1, 0.15) is 6.04 Å². The summed E-state index contributed by atoms with van der Waals surface area (Å²) < 4.78 is 4.72. The van der Waals surface area contributed by atoms with Crippen molar-refractivity contribution in [2.24, 2.45) is 0 Å². The zero-order valence-corrected chi connectivity index (χ0v) is 14.0. The van der Waals surface area contributed by atoms with E-state index in [0.717, 1.165) is 5.56 Å². The van der Waals surface area contributed by atoms with Crippen molar-refractivity contribution >= 4 is 23.5 Å². The van der Waals surface area contributed by atoms with Crippen LogP contribution in [-0.4, -0.2) is 35.8 Å². The Bertz CT molecular complexity index is 847. The van der Waals surface area contributed by atoms with Gasteiger partial charge in [-0.2, -0.15) is 0 Å². The van der Waals surface area contributed by atoms with Gasteiger partial charge in [-0.15, -0.1) is 0 Å². The molecule has 0 bridgehead atoms. The molecule has 0 saturated carbocycles. The third-order valence-corrected chi connectivity index (χ3v) is 4.29. The second-order valence-corrected chi connectivity index (χ2v) is 5.79. The van der Waals surface area contributed by atoms with Crippen LogP contribution in [-0.2, 0) is 16.1 Å². The average molecular weight is 338 g/mol. The summed E-state index contributed by atoms with van der Waals surface area (Å²) in [7, 11) is 1.28. The van der Waals surface area contributed by atoms with Gasteiger partial charge in [0.25, 0.3) is 5.91 Å². The van der Waals surface area contributed by atoms with Gasteiger partial charge in [-0.25, -0.2) is 4.79 Å². The lowest BCUT2D eigenvalue weighted by atomic mass is 10.1. The topological polar surface area (TPSA) is 75.7 Å². The highest BCUT2D eigenvalue weighted by molar-refractivity contribution is 6.05. The van der Waals surface area contributed by atoms with Crippen LogP contribution in [0.1, 0.15) is 33.2 Å². The summed E-state index contributed by atoms with van der Waals surface area (Å²) in [6.07, 6.45) is 0. The van der Waals surface area contributed by atoms with Crippen molar-refractivity contribution < 1.29 is 19.1 Å². The summed E-state index contributed by atoms with van der Waals surface area (Å²) in [5, 5.41) is 2.72. The van der Waals surface area contributed by atoms with Crippen molar-refractivity contribution in [3.05, 3.63) is 65.2 Å². The van der Waals surface area contributed by atoms with Crippen molar-refractivity contribution in [1.82, 2.24) is 4.90 Å². The van der Waals surface area contributed by atoms with Crippen molar-refractivity contribution in [2.75, 3.05) is 12.4 Å². The summed E-state index contributed by atoms with van der Waals surface area (Å²) in [5.74, 6) is -1.06. The maximum atomic E-state index is 12.6. The number of nitrogens with zero attached hydrogens (tertiary/aromatic N) is 1. The number of ether oxygens (including phenoxy) is 1. The summed E-state index contributed by atoms with van der Waals surface area (Å²) in [4.78, 5) is 38.4. The number of nitrogens with one attached hydrogen (secondary N) is 1. The van der Waals surface area contributed by atoms with Crippen LogP contribution in [0.15, 0.2) is 48.5 Å². The van der Waals surface area contributed by atoms with Gasteiger partial charge in [0.05, 0.1) is 18.4 Å². The number of amides is 2. The second-order valence-electron chi connectivity index (χ2n) is 5.79. The van der Waals surface area contributed by atoms with Gasteiger partial charge in [-0.1, -0.05) is 30.3 Å². The van der Waals surface area contributed by atoms with Gasteiger partial charge >= 0.3 is 5.97 Å². The summed E-state index contributed by atoms with van der Waals surface area (Å²) in [6, 6.07) is 13.2. The molecular formula is C19H18N2O4. The molecule has 128 valence electrons. The third-order valence-electron chi connectivity index (χ3n) is 4.29. The molecule has 0 saturated heterocycles. The number of para-hydroxylation sites is 1. The fourth-order valence-corrected chi connectivity index (χ4v) is 2.85. The van der Waals surface area contributed by atoms with Crippen LogP contribution >= 0.6 is 0 Å². The maximum absolute atomic E-state index is 12.6. The van der Waals surface area contributed by atoms with Gasteiger partial charge in [-0.05, 0) is 30.7 Å². The highest BCUT2D eigenvalue weighted by Gasteiger charge is 2.33. The van der Waals surface area contributed by atoms with E-state index in [0.29, 0.717) is 17.8 Å². The molecule has 6 nitrogen and oxygen atoms in total. The smallest absolute Gasteiger partial charge is 0.339 e. The zero-order valence-electron chi connectivity index (χ0n) is 14.0. The lowest BCUT2D eigenvalue weighted by molar-refractivity contribution is -0.120. The van der Waals surface area contributed by atoms with Gasteiger partial charge in [0.2, 0.25) is 5.91 Å². The Kier molecular flexibility index (Phi) is 4.52. The predicted octanol–water partition coefficient (Wildman–Crippen LogP) is 2.46. The molecule has 2 aromatic carbocycles. The van der Waals surface area contributed by atoms with Crippen LogP contribution < -0.4 is 5.32 Å². The van der Waals surface area contributed by atoms with Crippen LogP contribution in [0.25, 0.3) is 0 Å². The Labute approximate surface area is 145 Å². The maximum Gasteiger partial charge on any atom is 0.339 e. The minimum atomic E-state index is -0.675. The van der Waals surface area contributed by atoms with E-state index in [2.05, 4.69) is 5.32 Å². The average Bonchev–Trinajstić information content (AvgIpc) is 2.98. The summed E-state index contributed by atoms with van der Waals surface area (Å²) >= 11 is 0. The van der Waals surface area contributed by atoms with Crippen LogP contribution in [0, 0.1) is 0 Å². The normalized spacial score (nSPS) is 14.0. The van der Waals surface area contributed by atoms with Crippen molar-refractivity contribution in [1.29, 1.82) is 0 Å². The summed E-state index contributed by atoms with van der Waals surface area (Å²) in [6.45, 7) is 2.06. The minimum absolute atomic E-state index is 0.167. The van der Waals surface area contributed by atoms with Gasteiger partial charge in [0.15, 0.2) is 0 Å². The molecule has 2 amide bonds. The van der Waals surface area contributed by atoms with Crippen LogP contribution in [0.4, 0.5) is 5.69 Å². The largest absolute Gasteiger partial charge is 0.465 e. The lowest BCUT2D eigenvalue weighted by Gasteiger charge is -2.23. The van der Waals surface area contributed by atoms with Crippen LogP contribution in [0.5, 0.6) is 0 Å². The fourth-order valence-electron chi connectivity index (χ4n) is 2.85. The number of carbonyl (C=O) groups excluding carboxylic acids is 3. The highest BCUT2D eigenvalue weighted by Crippen LogP contribution is 2.25. The molecule has 6 heteroatoms. The number of anilines is 1. The standard InChI is InChI=1S/C19H18N2O4/c1-12(21-11-13-7-3-4-8-14(13)18(21)23)17(22)20-16-10-6-5-9-15(16)19(24)25-2/h3-10,12H,11H2,1-2H3,(H,20,22)/t12-/m1/s1. The van der Waals surface area contributed by atoms with E-state index in [1.165, 1.54) is 12.0 Å². The first-order valence-corrected chi connectivity index (χ1v) is 7.90. The highest BCUT2D eigenvalue weighted by atomic mass is 16.5. The Hall–Kier alpha value is -3.15. The monoisotopic (exact) mass is 338 g/mol. The number of carbonyl (C=O) groups is 3. The molecule has 0 aliphatic carbocycles. The lowest BCUT2D eigenvalue weighted by Crippen LogP contribution is -2.42. The van der Waals surface area contributed by atoms with E-state index < -0.39 is 12.0 Å². The number of hydrogen-bond donors (Lipinski definition) is 1. The van der Waals surface area contributed by atoms with E-state index in [1.807, 2.05) is 12.1 Å². The van der Waals surface area contributed by atoms with E-state index in [4.69, 9.17) is 4.74 Å². The first-order chi connectivity index (χ1) is 12.0. The molecule has 25 heavy (non-hydrogen) atoms. The van der Waals surface area contributed by atoms with Crippen LogP contribution in [0.2, 0.25) is 0 Å². The zero-order chi connectivity index (χ0) is 18.0. The molecule has 3 rings (SSSR count). The molecule has 1 heterocycles. The SMILES string of the molecule is COC(=O)c1ccccc1NC(=O)[C@@H](C)N1Cc2ccccc2C1=O. The third kappa shape index (κ3) is 3.10. The predicted molar refractivity (Wildman–Crippen MR) is 92.2 cm³/mol. The number of benzene rings is 2. The van der Waals surface area contributed by atoms with E-state index in [9.17, 15) is 14.4 Å². The number of hydrogen-bond acceptors (Lipinski definition) is 4. The first-order valence-electron chi connectivity index (χ1n) is 7.90. The van der Waals surface area contributed by atoms with E-state index in [-0.39, 0.29) is 17.4 Å². The molecule has 2 aromatic rings. The molecule has 0 spiro atoms. The molecule has 1 atom stereocenters. The Morgan fingerprint density at radius 3 is 2.52 bits per heavy atom. The quantitative estimate of drug-likeness (QED) is 0.869. The van der Waals surface area contributed by atoms with Crippen LogP contribution in [0.3, 0.4) is 0 Å². The number of rotatable bonds is 4. The van der Waals surface area contributed by atoms with E-state index >= 15 is 0 Å². The number of methoxy groups -OCH3 is 1. The van der Waals surface area contributed by atoms with Gasteiger partial charge in [-0.3, -0.25) is 9.59 Å². The van der Waals surface area contributed by atoms with Gasteiger partial charge in [0, 0.05) is 12.1 Å². The number of fused-ring (bicyclic) bond motifs is 1. The second kappa shape index (κ2) is 6.76. The van der Waals surface area contributed by atoms with E-state index in [1.54, 1.807) is 43.3 Å². The molecule has 0 aromatic heterocycles. The molecule has 0 radical (unpaired) electrons. The Morgan fingerprint density at radius 2 is 1.80 bits per heavy atom. The number of esters is 1. The first kappa shape index (κ1) is 16.7. The Morgan fingerprint density at radius 1 is 1.12 bits per heavy atom. The molecule has 1 aliphatic rings. The minimum Gasteiger partial charge on any atom is -0.465 e. The molecule has 0 fully saturated rings. The van der Waals surface area contributed by atoms with Crippen molar-refractivity contribution in [2.45, 2.75) is 19.5 Å².